The van der Waals surface area contributed by atoms with Crippen LogP contribution in [0.5, 0.6) is 5.75 Å². The van der Waals surface area contributed by atoms with Gasteiger partial charge in [0.25, 0.3) is 5.91 Å². The quantitative estimate of drug-likeness (QED) is 0.771. The number of amides is 1. The Hall–Kier alpha value is -2.80. The summed E-state index contributed by atoms with van der Waals surface area (Å²) < 4.78 is 8.81. The minimum absolute atomic E-state index is 0.210. The first kappa shape index (κ1) is 16.1. The lowest BCUT2D eigenvalue weighted by Crippen LogP contribution is -2.12. The van der Waals surface area contributed by atoms with Crippen LogP contribution in [0.2, 0.25) is 5.02 Å². The molecule has 0 aliphatic rings. The van der Waals surface area contributed by atoms with E-state index in [-0.39, 0.29) is 12.6 Å². The van der Waals surface area contributed by atoms with Crippen LogP contribution in [0.1, 0.15) is 16.1 Å². The maximum absolute atomic E-state index is 12.2. The van der Waals surface area contributed by atoms with E-state index in [9.17, 15) is 4.79 Å². The number of carbonyl (C=O) groups is 1. The molecule has 2 aromatic heterocycles. The van der Waals surface area contributed by atoms with Gasteiger partial charge in [0.15, 0.2) is 6.73 Å². The van der Waals surface area contributed by atoms with Crippen LogP contribution in [0.25, 0.3) is 0 Å². The summed E-state index contributed by atoms with van der Waals surface area (Å²) >= 11 is 5.90. The third kappa shape index (κ3) is 3.57. The van der Waals surface area contributed by atoms with Crippen LogP contribution < -0.4 is 10.1 Å². The highest BCUT2D eigenvalue weighted by Gasteiger charge is 2.13. The fraction of sp³-hybridized carbons (Fsp3) is 0.188. The van der Waals surface area contributed by atoms with E-state index in [2.05, 4.69) is 15.5 Å². The molecule has 0 aliphatic heterocycles. The molecule has 24 heavy (non-hydrogen) atoms. The van der Waals surface area contributed by atoms with Crippen molar-refractivity contribution in [1.82, 2.24) is 19.6 Å². The summed E-state index contributed by atoms with van der Waals surface area (Å²) in [7, 11) is 1.79. The summed E-state index contributed by atoms with van der Waals surface area (Å²) in [5, 5.41) is 11.6. The lowest BCUT2D eigenvalue weighted by molar-refractivity contribution is 0.102. The van der Waals surface area contributed by atoms with Gasteiger partial charge in [-0.2, -0.15) is 10.2 Å². The van der Waals surface area contributed by atoms with Gasteiger partial charge in [-0.25, -0.2) is 4.68 Å². The average Bonchev–Trinajstić information content (AvgIpc) is 3.13. The predicted molar refractivity (Wildman–Crippen MR) is 90.2 cm³/mol. The van der Waals surface area contributed by atoms with Gasteiger partial charge in [-0.15, -0.1) is 0 Å². The van der Waals surface area contributed by atoms with Gasteiger partial charge >= 0.3 is 0 Å². The molecule has 1 N–H and O–H groups in total. The minimum Gasteiger partial charge on any atom is -0.471 e. The van der Waals surface area contributed by atoms with E-state index in [0.717, 1.165) is 5.69 Å². The molecule has 0 saturated heterocycles. The Morgan fingerprint density at radius 2 is 2.17 bits per heavy atom. The van der Waals surface area contributed by atoms with Crippen molar-refractivity contribution in [2.45, 2.75) is 13.7 Å². The van der Waals surface area contributed by atoms with Crippen LogP contribution in [-0.4, -0.2) is 25.5 Å². The van der Waals surface area contributed by atoms with Crippen molar-refractivity contribution in [1.29, 1.82) is 0 Å². The smallest absolute Gasteiger partial charge is 0.259 e. The molecule has 3 rings (SSSR count). The summed E-state index contributed by atoms with van der Waals surface area (Å²) in [6.07, 6.45) is 4.79. The number of aromatic nitrogens is 4. The number of anilines is 1. The Labute approximate surface area is 143 Å². The van der Waals surface area contributed by atoms with E-state index in [1.807, 2.05) is 19.1 Å². The van der Waals surface area contributed by atoms with Gasteiger partial charge < -0.3 is 10.1 Å². The Morgan fingerprint density at radius 3 is 2.88 bits per heavy atom. The molecular weight excluding hydrogens is 330 g/mol. The number of hydrogen-bond acceptors (Lipinski definition) is 4. The molecule has 0 spiro atoms. The molecule has 1 amide bonds. The average molecular weight is 346 g/mol. The van der Waals surface area contributed by atoms with Gasteiger partial charge in [0.05, 0.1) is 29.8 Å². The van der Waals surface area contributed by atoms with Gasteiger partial charge in [0.2, 0.25) is 0 Å². The lowest BCUT2D eigenvalue weighted by Gasteiger charge is -2.06. The Morgan fingerprint density at radius 1 is 1.33 bits per heavy atom. The number of aryl methyl sites for hydroxylation is 1. The molecule has 0 aliphatic carbocycles. The van der Waals surface area contributed by atoms with Crippen molar-refractivity contribution >= 4 is 23.2 Å². The molecule has 124 valence electrons. The van der Waals surface area contributed by atoms with Crippen LogP contribution in [0.4, 0.5) is 5.69 Å². The van der Waals surface area contributed by atoms with E-state index >= 15 is 0 Å². The normalized spacial score (nSPS) is 10.6. The highest BCUT2D eigenvalue weighted by atomic mass is 35.5. The van der Waals surface area contributed by atoms with E-state index in [1.165, 1.54) is 6.20 Å². The van der Waals surface area contributed by atoms with Crippen molar-refractivity contribution < 1.29 is 9.53 Å². The van der Waals surface area contributed by atoms with Crippen LogP contribution >= 0.6 is 11.6 Å². The van der Waals surface area contributed by atoms with Crippen LogP contribution in [-0.2, 0) is 13.8 Å². The molecule has 0 bridgehead atoms. The Bertz CT molecular complexity index is 871. The number of rotatable bonds is 5. The van der Waals surface area contributed by atoms with Gasteiger partial charge in [-0.3, -0.25) is 9.48 Å². The zero-order valence-corrected chi connectivity index (χ0v) is 14.0. The van der Waals surface area contributed by atoms with E-state index in [4.69, 9.17) is 16.3 Å². The molecule has 0 unspecified atom stereocenters. The summed E-state index contributed by atoms with van der Waals surface area (Å²) in [5.41, 5.74) is 1.91. The molecular formula is C16H16ClN5O2. The zero-order valence-electron chi connectivity index (χ0n) is 13.2. The molecule has 8 heteroatoms. The molecule has 0 saturated carbocycles. The van der Waals surface area contributed by atoms with Crippen LogP contribution in [0.15, 0.2) is 42.9 Å². The molecule has 1 aromatic carbocycles. The van der Waals surface area contributed by atoms with E-state index in [1.54, 1.807) is 40.9 Å². The second-order valence-electron chi connectivity index (χ2n) is 5.22. The number of ether oxygens (including phenoxy) is 1. The fourth-order valence-corrected chi connectivity index (χ4v) is 2.30. The summed E-state index contributed by atoms with van der Waals surface area (Å²) in [4.78, 5) is 12.2. The molecule has 0 fully saturated rings. The molecule has 7 nitrogen and oxygen atoms in total. The second-order valence-corrected chi connectivity index (χ2v) is 5.66. The fourth-order valence-electron chi connectivity index (χ4n) is 2.12. The Kier molecular flexibility index (Phi) is 4.52. The number of benzene rings is 1. The van der Waals surface area contributed by atoms with Crippen molar-refractivity contribution in [3.63, 3.8) is 0 Å². The number of halogens is 1. The topological polar surface area (TPSA) is 74.0 Å². The molecule has 3 aromatic rings. The van der Waals surface area contributed by atoms with Crippen LogP contribution in [0, 0.1) is 6.92 Å². The van der Waals surface area contributed by atoms with Crippen molar-refractivity contribution in [3.8, 4) is 5.75 Å². The van der Waals surface area contributed by atoms with Gasteiger partial charge in [0.1, 0.15) is 5.75 Å². The highest BCUT2D eigenvalue weighted by Crippen LogP contribution is 2.18. The standard InChI is InChI=1S/C16H16ClN5O2/c1-11-15(8-18-21(11)2)16(23)20-13-7-19-22(9-13)10-24-14-5-3-4-12(17)6-14/h3-9H,10H2,1-2H3,(H,20,23). The first-order valence-electron chi connectivity index (χ1n) is 7.23. The van der Waals surface area contributed by atoms with Crippen molar-refractivity contribution in [3.05, 3.63) is 59.1 Å². The first-order valence-corrected chi connectivity index (χ1v) is 7.61. The summed E-state index contributed by atoms with van der Waals surface area (Å²) in [6.45, 7) is 2.05. The van der Waals surface area contributed by atoms with Crippen molar-refractivity contribution in [2.75, 3.05) is 5.32 Å². The molecule has 0 atom stereocenters. The summed E-state index contributed by atoms with van der Waals surface area (Å²) in [5.74, 6) is 0.422. The molecule has 0 radical (unpaired) electrons. The predicted octanol–water partition coefficient (Wildman–Crippen LogP) is 2.87. The first-order chi connectivity index (χ1) is 11.5. The zero-order chi connectivity index (χ0) is 17.1. The number of nitrogens with one attached hydrogen (secondary N) is 1. The van der Waals surface area contributed by atoms with Gasteiger partial charge in [0, 0.05) is 17.8 Å². The third-order valence-corrected chi connectivity index (χ3v) is 3.77. The SMILES string of the molecule is Cc1c(C(=O)Nc2cnn(COc3cccc(Cl)c3)c2)cnn1C. The van der Waals surface area contributed by atoms with E-state index in [0.29, 0.717) is 22.0 Å². The third-order valence-electron chi connectivity index (χ3n) is 3.53. The van der Waals surface area contributed by atoms with Crippen LogP contribution in [0.3, 0.4) is 0 Å². The lowest BCUT2D eigenvalue weighted by atomic mass is 10.2. The maximum atomic E-state index is 12.2. The molecule has 2 heterocycles. The highest BCUT2D eigenvalue weighted by molar-refractivity contribution is 6.30. The summed E-state index contributed by atoms with van der Waals surface area (Å²) in [6, 6.07) is 7.11. The minimum atomic E-state index is -0.226. The monoisotopic (exact) mass is 345 g/mol. The maximum Gasteiger partial charge on any atom is 0.259 e. The van der Waals surface area contributed by atoms with Crippen molar-refractivity contribution in [2.24, 2.45) is 7.05 Å². The number of nitrogens with zero attached hydrogens (tertiary/aromatic N) is 4. The number of carbonyl (C=O) groups excluding carboxylic acids is 1. The largest absolute Gasteiger partial charge is 0.471 e. The van der Waals surface area contributed by atoms with Gasteiger partial charge in [-0.1, -0.05) is 17.7 Å². The van der Waals surface area contributed by atoms with E-state index < -0.39 is 0 Å². The number of hydrogen-bond donors (Lipinski definition) is 1. The second kappa shape index (κ2) is 6.76. The van der Waals surface area contributed by atoms with Gasteiger partial charge in [-0.05, 0) is 25.1 Å². The Balaban J connectivity index is 1.61.